The van der Waals surface area contributed by atoms with Gasteiger partial charge in [0.2, 0.25) is 0 Å². The summed E-state index contributed by atoms with van der Waals surface area (Å²) in [4.78, 5) is 12.3. The second-order valence-corrected chi connectivity index (χ2v) is 4.92. The molecule has 17 heavy (non-hydrogen) atoms. The van der Waals surface area contributed by atoms with Gasteiger partial charge in [0, 0.05) is 11.7 Å². The summed E-state index contributed by atoms with van der Waals surface area (Å²) in [5.74, 6) is 0. The predicted octanol–water partition coefficient (Wildman–Crippen LogP) is 2.84. The zero-order chi connectivity index (χ0) is 12.4. The summed E-state index contributed by atoms with van der Waals surface area (Å²) in [6.45, 7) is 3.79. The zero-order valence-corrected chi connectivity index (χ0v) is 10.5. The maximum atomic E-state index is 12.3. The molecular weight excluding hydrogens is 212 g/mol. The minimum absolute atomic E-state index is 0.100. The number of nitriles is 1. The minimum Gasteiger partial charge on any atom is -0.309 e. The van der Waals surface area contributed by atoms with Crippen LogP contribution in [-0.4, -0.2) is 4.57 Å². The lowest BCUT2D eigenvalue weighted by molar-refractivity contribution is 0.341. The van der Waals surface area contributed by atoms with Crippen molar-refractivity contribution in [3.63, 3.8) is 0 Å². The molecule has 1 heterocycles. The number of nitrogens with zero attached hydrogens (tertiary/aromatic N) is 2. The van der Waals surface area contributed by atoms with Crippen LogP contribution in [0.25, 0.3) is 0 Å². The zero-order valence-electron chi connectivity index (χ0n) is 10.5. The van der Waals surface area contributed by atoms with Crippen LogP contribution in [0.2, 0.25) is 0 Å². The molecule has 1 aromatic rings. The summed E-state index contributed by atoms with van der Waals surface area (Å²) in [5.41, 5.74) is 1.98. The van der Waals surface area contributed by atoms with Crippen molar-refractivity contribution in [2.24, 2.45) is 0 Å². The van der Waals surface area contributed by atoms with Crippen molar-refractivity contribution >= 4 is 0 Å². The highest BCUT2D eigenvalue weighted by molar-refractivity contribution is 5.36. The Labute approximate surface area is 102 Å². The first-order valence-electron chi connectivity index (χ1n) is 6.28. The molecule has 0 radical (unpaired) electrons. The van der Waals surface area contributed by atoms with Gasteiger partial charge in [-0.05, 0) is 38.3 Å². The van der Waals surface area contributed by atoms with Gasteiger partial charge in [0.05, 0.1) is 0 Å². The van der Waals surface area contributed by atoms with Crippen LogP contribution in [0.3, 0.4) is 0 Å². The van der Waals surface area contributed by atoms with Gasteiger partial charge < -0.3 is 4.57 Å². The Morgan fingerprint density at radius 3 is 2.53 bits per heavy atom. The van der Waals surface area contributed by atoms with Crippen molar-refractivity contribution in [2.75, 3.05) is 0 Å². The van der Waals surface area contributed by atoms with Crippen molar-refractivity contribution in [1.82, 2.24) is 4.57 Å². The van der Waals surface area contributed by atoms with Gasteiger partial charge >= 0.3 is 0 Å². The number of hydrogen-bond donors (Lipinski definition) is 0. The first-order chi connectivity index (χ1) is 8.15. The summed E-state index contributed by atoms with van der Waals surface area (Å²) in [7, 11) is 0. The molecule has 1 aliphatic rings. The van der Waals surface area contributed by atoms with Gasteiger partial charge in [-0.1, -0.05) is 19.3 Å². The van der Waals surface area contributed by atoms with Crippen LogP contribution in [0.5, 0.6) is 0 Å². The Hall–Kier alpha value is -1.56. The molecular formula is C14H18N2O. The molecule has 1 saturated carbocycles. The summed E-state index contributed by atoms with van der Waals surface area (Å²) >= 11 is 0. The minimum atomic E-state index is -0.100. The van der Waals surface area contributed by atoms with Gasteiger partial charge in [0.15, 0.2) is 0 Å². The van der Waals surface area contributed by atoms with E-state index in [0.717, 1.165) is 24.1 Å². The van der Waals surface area contributed by atoms with Crippen molar-refractivity contribution < 1.29 is 0 Å². The van der Waals surface area contributed by atoms with E-state index in [9.17, 15) is 4.79 Å². The fourth-order valence-electron chi connectivity index (χ4n) is 2.83. The second-order valence-electron chi connectivity index (χ2n) is 4.92. The molecule has 0 aliphatic heterocycles. The molecule has 3 nitrogen and oxygen atoms in total. The quantitative estimate of drug-likeness (QED) is 0.744. The fourth-order valence-corrected chi connectivity index (χ4v) is 2.83. The summed E-state index contributed by atoms with van der Waals surface area (Å²) < 4.78 is 1.84. The molecule has 0 unspecified atom stereocenters. The third-order valence-corrected chi connectivity index (χ3v) is 3.68. The maximum absolute atomic E-state index is 12.3. The number of aromatic nitrogens is 1. The average Bonchev–Trinajstić information content (AvgIpc) is 2.30. The lowest BCUT2D eigenvalue weighted by Gasteiger charge is -2.26. The lowest BCUT2D eigenvalue weighted by Crippen LogP contribution is -2.30. The molecule has 0 atom stereocenters. The van der Waals surface area contributed by atoms with Gasteiger partial charge in [-0.2, -0.15) is 5.26 Å². The lowest BCUT2D eigenvalue weighted by atomic mass is 9.94. The molecule has 1 aliphatic carbocycles. The first kappa shape index (κ1) is 11.9. The largest absolute Gasteiger partial charge is 0.309 e. The van der Waals surface area contributed by atoms with Gasteiger partial charge in [-0.25, -0.2) is 0 Å². The van der Waals surface area contributed by atoms with Crippen LogP contribution in [0.15, 0.2) is 10.9 Å². The molecule has 0 spiro atoms. The first-order valence-corrected chi connectivity index (χ1v) is 6.28. The average molecular weight is 230 g/mol. The fraction of sp³-hybridized carbons (Fsp3) is 0.571. The van der Waals surface area contributed by atoms with Crippen LogP contribution >= 0.6 is 0 Å². The normalized spacial score (nSPS) is 16.8. The van der Waals surface area contributed by atoms with E-state index < -0.39 is 0 Å². The highest BCUT2D eigenvalue weighted by atomic mass is 16.1. The van der Waals surface area contributed by atoms with Crippen LogP contribution < -0.4 is 5.56 Å². The highest BCUT2D eigenvalue weighted by Crippen LogP contribution is 2.28. The van der Waals surface area contributed by atoms with E-state index >= 15 is 0 Å². The third kappa shape index (κ3) is 2.12. The highest BCUT2D eigenvalue weighted by Gasteiger charge is 2.20. The van der Waals surface area contributed by atoms with E-state index in [1.165, 1.54) is 19.3 Å². The molecule has 0 aromatic carbocycles. The number of hydrogen-bond acceptors (Lipinski definition) is 2. The second kappa shape index (κ2) is 4.75. The number of aryl methyl sites for hydroxylation is 2. The molecule has 2 rings (SSSR count). The van der Waals surface area contributed by atoms with E-state index in [-0.39, 0.29) is 5.56 Å². The van der Waals surface area contributed by atoms with Crippen molar-refractivity contribution in [3.05, 3.63) is 33.2 Å². The monoisotopic (exact) mass is 230 g/mol. The maximum Gasteiger partial charge on any atom is 0.269 e. The number of rotatable bonds is 1. The predicted molar refractivity (Wildman–Crippen MR) is 67.0 cm³/mol. The van der Waals surface area contributed by atoms with Gasteiger partial charge in [-0.15, -0.1) is 0 Å². The van der Waals surface area contributed by atoms with E-state index in [2.05, 4.69) is 0 Å². The molecule has 0 saturated heterocycles. The Bertz CT molecular complexity index is 516. The van der Waals surface area contributed by atoms with Crippen molar-refractivity contribution in [1.29, 1.82) is 5.26 Å². The van der Waals surface area contributed by atoms with Crippen LogP contribution in [0.1, 0.15) is 55.0 Å². The molecule has 1 fully saturated rings. The van der Waals surface area contributed by atoms with Gasteiger partial charge in [0.1, 0.15) is 11.6 Å². The van der Waals surface area contributed by atoms with E-state index in [4.69, 9.17) is 5.26 Å². The Morgan fingerprint density at radius 1 is 1.29 bits per heavy atom. The molecule has 0 amide bonds. The van der Waals surface area contributed by atoms with Crippen LogP contribution in [-0.2, 0) is 0 Å². The van der Waals surface area contributed by atoms with Gasteiger partial charge in [-0.3, -0.25) is 4.79 Å². The van der Waals surface area contributed by atoms with E-state index in [1.807, 2.05) is 30.6 Å². The third-order valence-electron chi connectivity index (χ3n) is 3.68. The van der Waals surface area contributed by atoms with Crippen molar-refractivity contribution in [3.8, 4) is 6.07 Å². The smallest absolute Gasteiger partial charge is 0.269 e. The Kier molecular flexibility index (Phi) is 3.33. The molecule has 1 aromatic heterocycles. The van der Waals surface area contributed by atoms with Crippen LogP contribution in [0, 0.1) is 25.2 Å². The Morgan fingerprint density at radius 2 is 1.94 bits per heavy atom. The SMILES string of the molecule is Cc1cc(C)n(C2CCCCC2)c(=O)c1C#N. The standard InChI is InChI=1S/C14H18N2O/c1-10-8-11(2)16(14(17)13(10)9-15)12-6-4-3-5-7-12/h8,12H,3-7H2,1-2H3. The van der Waals surface area contributed by atoms with E-state index in [1.54, 1.807) is 0 Å². The molecule has 0 bridgehead atoms. The molecule has 3 heteroatoms. The Balaban J connectivity index is 2.53. The van der Waals surface area contributed by atoms with E-state index in [0.29, 0.717) is 11.6 Å². The molecule has 0 N–H and O–H groups in total. The van der Waals surface area contributed by atoms with Crippen LogP contribution in [0.4, 0.5) is 0 Å². The van der Waals surface area contributed by atoms with Crippen molar-refractivity contribution in [2.45, 2.75) is 52.0 Å². The summed E-state index contributed by atoms with van der Waals surface area (Å²) in [6.07, 6.45) is 5.77. The summed E-state index contributed by atoms with van der Waals surface area (Å²) in [6, 6.07) is 4.29. The summed E-state index contributed by atoms with van der Waals surface area (Å²) in [5, 5.41) is 9.05. The number of pyridine rings is 1. The topological polar surface area (TPSA) is 45.8 Å². The van der Waals surface area contributed by atoms with Gasteiger partial charge in [0.25, 0.3) is 5.56 Å². The molecule has 90 valence electrons.